The maximum Gasteiger partial charge on any atom is 0.340 e. The molecule has 3 aromatic carbocycles. The number of esters is 1. The van der Waals surface area contributed by atoms with Crippen LogP contribution in [0.3, 0.4) is 0 Å². The summed E-state index contributed by atoms with van der Waals surface area (Å²) in [4.78, 5) is 26.7. The van der Waals surface area contributed by atoms with Crippen molar-refractivity contribution in [3.8, 4) is 5.75 Å². The molecule has 0 radical (unpaired) electrons. The molecule has 0 bridgehead atoms. The maximum atomic E-state index is 12.7. The van der Waals surface area contributed by atoms with E-state index in [1.807, 2.05) is 54.6 Å². The average Bonchev–Trinajstić information content (AvgIpc) is 2.82. The highest BCUT2D eigenvalue weighted by Crippen LogP contribution is 2.25. The Bertz CT molecular complexity index is 1010. The van der Waals surface area contributed by atoms with Gasteiger partial charge in [0, 0.05) is 19.3 Å². The molecule has 1 amide bonds. The number of nitrogens with one attached hydrogen (secondary N) is 1. The van der Waals surface area contributed by atoms with Gasteiger partial charge in [-0.1, -0.05) is 48.5 Å². The van der Waals surface area contributed by atoms with Crippen LogP contribution in [-0.2, 0) is 16.1 Å². The van der Waals surface area contributed by atoms with Crippen LogP contribution < -0.4 is 15.0 Å². The Hall–Kier alpha value is -3.80. The van der Waals surface area contributed by atoms with Crippen molar-refractivity contribution in [2.75, 3.05) is 30.5 Å². The van der Waals surface area contributed by atoms with Crippen molar-refractivity contribution in [3.63, 3.8) is 0 Å². The first-order valence-corrected chi connectivity index (χ1v) is 10.1. The molecule has 0 saturated heterocycles. The van der Waals surface area contributed by atoms with Crippen LogP contribution in [0, 0.1) is 0 Å². The SMILES string of the molecule is CCOC(=O)c1cc(NCc2ccccc2)ccc1N(C)C(=O)COc1ccccc1. The molecule has 0 aliphatic rings. The fraction of sp³-hybridized carbons (Fsp3) is 0.200. The van der Waals surface area contributed by atoms with E-state index in [-0.39, 0.29) is 19.1 Å². The van der Waals surface area contributed by atoms with E-state index in [1.165, 1.54) is 4.90 Å². The molecule has 0 fully saturated rings. The molecule has 160 valence electrons. The van der Waals surface area contributed by atoms with Gasteiger partial charge in [0.25, 0.3) is 5.91 Å². The smallest absolute Gasteiger partial charge is 0.340 e. The fourth-order valence-corrected chi connectivity index (χ4v) is 3.00. The van der Waals surface area contributed by atoms with E-state index in [2.05, 4.69) is 5.32 Å². The van der Waals surface area contributed by atoms with Crippen LogP contribution in [0.15, 0.2) is 78.9 Å². The van der Waals surface area contributed by atoms with Gasteiger partial charge in [-0.2, -0.15) is 0 Å². The predicted molar refractivity (Wildman–Crippen MR) is 122 cm³/mol. The molecule has 6 nitrogen and oxygen atoms in total. The Morgan fingerprint density at radius 1 is 0.935 bits per heavy atom. The van der Waals surface area contributed by atoms with Gasteiger partial charge >= 0.3 is 5.97 Å². The molecule has 0 atom stereocenters. The zero-order chi connectivity index (χ0) is 22.1. The first kappa shape index (κ1) is 21.9. The van der Waals surface area contributed by atoms with Crippen molar-refractivity contribution >= 4 is 23.3 Å². The van der Waals surface area contributed by atoms with Crippen molar-refractivity contribution in [2.24, 2.45) is 0 Å². The molecule has 31 heavy (non-hydrogen) atoms. The second-order valence-corrected chi connectivity index (χ2v) is 6.85. The third-order valence-electron chi connectivity index (χ3n) is 4.67. The van der Waals surface area contributed by atoms with Crippen molar-refractivity contribution in [1.29, 1.82) is 0 Å². The summed E-state index contributed by atoms with van der Waals surface area (Å²) in [5, 5.41) is 3.30. The number of nitrogens with zero attached hydrogens (tertiary/aromatic N) is 1. The fourth-order valence-electron chi connectivity index (χ4n) is 3.00. The zero-order valence-corrected chi connectivity index (χ0v) is 17.7. The van der Waals surface area contributed by atoms with Gasteiger partial charge in [-0.05, 0) is 42.8 Å². The van der Waals surface area contributed by atoms with Crippen LogP contribution in [0.1, 0.15) is 22.8 Å². The molecule has 3 aromatic rings. The number of rotatable bonds is 9. The Morgan fingerprint density at radius 2 is 1.61 bits per heavy atom. The molecule has 0 aliphatic heterocycles. The summed E-state index contributed by atoms with van der Waals surface area (Å²) in [5.41, 5.74) is 2.66. The third-order valence-corrected chi connectivity index (χ3v) is 4.67. The summed E-state index contributed by atoms with van der Waals surface area (Å²) in [6.07, 6.45) is 0. The molecular formula is C25H26N2O4. The molecule has 1 N–H and O–H groups in total. The van der Waals surface area contributed by atoms with Gasteiger partial charge in [0.05, 0.1) is 17.9 Å². The summed E-state index contributed by atoms with van der Waals surface area (Å²) in [7, 11) is 1.62. The number of hydrogen-bond acceptors (Lipinski definition) is 5. The van der Waals surface area contributed by atoms with E-state index in [4.69, 9.17) is 9.47 Å². The molecule has 0 aliphatic carbocycles. The number of ether oxygens (including phenoxy) is 2. The normalized spacial score (nSPS) is 10.3. The highest BCUT2D eigenvalue weighted by molar-refractivity contribution is 6.03. The monoisotopic (exact) mass is 418 g/mol. The van der Waals surface area contributed by atoms with Gasteiger partial charge in [-0.25, -0.2) is 4.79 Å². The van der Waals surface area contributed by atoms with Crippen molar-refractivity contribution in [2.45, 2.75) is 13.5 Å². The lowest BCUT2D eigenvalue weighted by Gasteiger charge is -2.21. The molecule has 3 rings (SSSR count). The van der Waals surface area contributed by atoms with Gasteiger partial charge in [-0.15, -0.1) is 0 Å². The maximum absolute atomic E-state index is 12.7. The van der Waals surface area contributed by atoms with E-state index in [1.54, 1.807) is 38.2 Å². The summed E-state index contributed by atoms with van der Waals surface area (Å²) >= 11 is 0. The number of amides is 1. The summed E-state index contributed by atoms with van der Waals surface area (Å²) in [5.74, 6) is -0.154. The number of carbonyl (C=O) groups is 2. The van der Waals surface area contributed by atoms with E-state index in [9.17, 15) is 9.59 Å². The first-order chi connectivity index (χ1) is 15.1. The molecule has 6 heteroatoms. The van der Waals surface area contributed by atoms with E-state index >= 15 is 0 Å². The van der Waals surface area contributed by atoms with Crippen LogP contribution >= 0.6 is 0 Å². The summed E-state index contributed by atoms with van der Waals surface area (Å²) in [6, 6.07) is 24.3. The number of carbonyl (C=O) groups excluding carboxylic acids is 2. The number of benzene rings is 3. The Morgan fingerprint density at radius 3 is 2.29 bits per heavy atom. The van der Waals surface area contributed by atoms with E-state index in [0.717, 1.165) is 11.3 Å². The molecule has 0 spiro atoms. The van der Waals surface area contributed by atoms with Crippen molar-refractivity contribution in [1.82, 2.24) is 0 Å². The average molecular weight is 418 g/mol. The lowest BCUT2D eigenvalue weighted by atomic mass is 10.1. The van der Waals surface area contributed by atoms with Crippen molar-refractivity contribution < 1.29 is 19.1 Å². The Labute approximate surface area is 182 Å². The van der Waals surface area contributed by atoms with Crippen molar-refractivity contribution in [3.05, 3.63) is 90.0 Å². The van der Waals surface area contributed by atoms with Crippen LogP contribution in [-0.4, -0.2) is 32.1 Å². The van der Waals surface area contributed by atoms with Crippen LogP contribution in [0.5, 0.6) is 5.75 Å². The third kappa shape index (κ3) is 6.09. The molecule has 0 unspecified atom stereocenters. The molecule has 0 heterocycles. The number of likely N-dealkylation sites (N-methyl/N-ethyl adjacent to an activating group) is 1. The lowest BCUT2D eigenvalue weighted by molar-refractivity contribution is -0.120. The number of para-hydroxylation sites is 1. The highest BCUT2D eigenvalue weighted by atomic mass is 16.5. The van der Waals surface area contributed by atoms with E-state index < -0.39 is 5.97 Å². The number of hydrogen-bond donors (Lipinski definition) is 1. The minimum absolute atomic E-state index is 0.142. The Kier molecular flexibility index (Phi) is 7.65. The van der Waals surface area contributed by atoms with Gasteiger partial charge in [0.2, 0.25) is 0 Å². The van der Waals surface area contributed by atoms with Crippen LogP contribution in [0.25, 0.3) is 0 Å². The lowest BCUT2D eigenvalue weighted by Crippen LogP contribution is -2.32. The standard InChI is InChI=1S/C25H26N2O4/c1-3-30-25(29)22-16-20(26-17-19-10-6-4-7-11-19)14-15-23(22)27(2)24(28)18-31-21-12-8-5-9-13-21/h4-16,26H,3,17-18H2,1-2H3. The largest absolute Gasteiger partial charge is 0.484 e. The van der Waals surface area contributed by atoms with Crippen LogP contribution in [0.2, 0.25) is 0 Å². The quantitative estimate of drug-likeness (QED) is 0.518. The van der Waals surface area contributed by atoms with Gasteiger partial charge < -0.3 is 19.7 Å². The topological polar surface area (TPSA) is 67.9 Å². The second-order valence-electron chi connectivity index (χ2n) is 6.85. The highest BCUT2D eigenvalue weighted by Gasteiger charge is 2.21. The number of anilines is 2. The van der Waals surface area contributed by atoms with Crippen LogP contribution in [0.4, 0.5) is 11.4 Å². The Balaban J connectivity index is 1.75. The van der Waals surface area contributed by atoms with Gasteiger partial charge in [0.1, 0.15) is 5.75 Å². The zero-order valence-electron chi connectivity index (χ0n) is 17.7. The summed E-state index contributed by atoms with van der Waals surface area (Å²) < 4.78 is 10.8. The van der Waals surface area contributed by atoms with E-state index in [0.29, 0.717) is 23.5 Å². The minimum Gasteiger partial charge on any atom is -0.484 e. The van der Waals surface area contributed by atoms with Gasteiger partial charge in [0.15, 0.2) is 6.61 Å². The second kappa shape index (κ2) is 10.8. The minimum atomic E-state index is -0.482. The molecule has 0 aromatic heterocycles. The van der Waals surface area contributed by atoms with Gasteiger partial charge in [-0.3, -0.25) is 4.79 Å². The summed E-state index contributed by atoms with van der Waals surface area (Å²) in [6.45, 7) is 2.46. The molecule has 0 saturated carbocycles. The predicted octanol–water partition coefficient (Wildman–Crippen LogP) is 4.52. The molecular weight excluding hydrogens is 392 g/mol. The first-order valence-electron chi connectivity index (χ1n) is 10.1.